The van der Waals surface area contributed by atoms with Crippen molar-refractivity contribution < 1.29 is 49.0 Å². The Labute approximate surface area is 248 Å². The molecule has 4 rings (SSSR count). The van der Waals surface area contributed by atoms with Crippen molar-refractivity contribution in [2.75, 3.05) is 0 Å². The van der Waals surface area contributed by atoms with Crippen LogP contribution in [0.1, 0.15) is 114 Å². The number of allylic oxidation sites excluding steroid dienone is 4. The summed E-state index contributed by atoms with van der Waals surface area (Å²) in [6.07, 6.45) is 12.3. The first-order valence-electron chi connectivity index (χ1n) is 12.9. The SMILES string of the molecule is CCc1cc(C(C)(C)C)cc2c1-c1c([c-]c(C(C)(C)C)c(C3C=CC=C3)c1CC)C2.C[C](C)=[Zr+2].[Cl-].[Cl-]. The molecule has 3 heteroatoms. The molecule has 36 heavy (non-hydrogen) atoms. The molecule has 0 N–H and O–H groups in total. The van der Waals surface area contributed by atoms with Crippen molar-refractivity contribution in [2.24, 2.45) is 0 Å². The maximum Gasteiger partial charge on any atom is -1.00 e. The van der Waals surface area contributed by atoms with Gasteiger partial charge in [-0.15, -0.1) is 22.3 Å². The molecule has 2 aliphatic rings. The van der Waals surface area contributed by atoms with Crippen LogP contribution in [0.3, 0.4) is 0 Å². The van der Waals surface area contributed by atoms with Gasteiger partial charge in [0.15, 0.2) is 0 Å². The predicted octanol–water partition coefficient (Wildman–Crippen LogP) is 2.74. The van der Waals surface area contributed by atoms with E-state index in [0.29, 0.717) is 5.92 Å². The van der Waals surface area contributed by atoms with E-state index in [2.05, 4.69) is 112 Å². The molecular weight excluding hydrogens is 558 g/mol. The van der Waals surface area contributed by atoms with Gasteiger partial charge in [0.2, 0.25) is 0 Å². The van der Waals surface area contributed by atoms with Crippen molar-refractivity contribution in [1.82, 2.24) is 0 Å². The van der Waals surface area contributed by atoms with E-state index in [-0.39, 0.29) is 35.6 Å². The van der Waals surface area contributed by atoms with Crippen molar-refractivity contribution >= 4 is 3.21 Å². The van der Waals surface area contributed by atoms with Crippen LogP contribution in [-0.4, -0.2) is 3.21 Å². The minimum absolute atomic E-state index is 0. The number of hydrogen-bond acceptors (Lipinski definition) is 0. The van der Waals surface area contributed by atoms with E-state index < -0.39 is 0 Å². The number of aryl methyl sites for hydroxylation is 1. The van der Waals surface area contributed by atoms with Gasteiger partial charge in [-0.2, -0.15) is 11.6 Å². The summed E-state index contributed by atoms with van der Waals surface area (Å²) in [6.45, 7) is 22.9. The molecule has 2 aromatic carbocycles. The van der Waals surface area contributed by atoms with E-state index in [1.54, 1.807) is 29.8 Å². The van der Waals surface area contributed by atoms with E-state index in [0.717, 1.165) is 19.3 Å². The summed E-state index contributed by atoms with van der Waals surface area (Å²) in [5.74, 6) is 0.374. The molecule has 194 valence electrons. The van der Waals surface area contributed by atoms with Gasteiger partial charge in [-0.05, 0) is 40.7 Å². The first-order valence-corrected chi connectivity index (χ1v) is 14.2. The Balaban J connectivity index is 0.00000101. The molecule has 0 saturated heterocycles. The van der Waals surface area contributed by atoms with Crippen molar-refractivity contribution in [3.05, 3.63) is 81.4 Å². The summed E-state index contributed by atoms with van der Waals surface area (Å²) in [7, 11) is 0. The molecule has 0 bridgehead atoms. The van der Waals surface area contributed by atoms with Gasteiger partial charge in [-0.1, -0.05) is 109 Å². The van der Waals surface area contributed by atoms with Gasteiger partial charge in [-0.25, -0.2) is 0 Å². The van der Waals surface area contributed by atoms with Gasteiger partial charge in [0.05, 0.1) is 0 Å². The molecule has 0 fully saturated rings. The molecule has 0 nitrogen and oxygen atoms in total. The Hall–Kier alpha value is -0.747. The first kappa shape index (κ1) is 33.3. The Bertz CT molecular complexity index is 1140. The number of benzene rings is 2. The minimum atomic E-state index is 0. The maximum atomic E-state index is 3.97. The average Bonchev–Trinajstić information content (AvgIpc) is 3.37. The summed E-state index contributed by atoms with van der Waals surface area (Å²) in [4.78, 5) is 0. The fraction of sp³-hybridized carbons (Fsp3) is 0.485. The third kappa shape index (κ3) is 7.01. The van der Waals surface area contributed by atoms with Gasteiger partial charge in [0.1, 0.15) is 0 Å². The van der Waals surface area contributed by atoms with E-state index in [1.165, 1.54) is 47.7 Å². The van der Waals surface area contributed by atoms with Crippen molar-refractivity contribution in [2.45, 2.75) is 105 Å². The number of hydrogen-bond donors (Lipinski definition) is 0. The topological polar surface area (TPSA) is 0 Å². The van der Waals surface area contributed by atoms with Crippen LogP contribution in [-0.2, 0) is 54.3 Å². The number of fused-ring (bicyclic) bond motifs is 3. The molecule has 0 aromatic heterocycles. The average molecular weight is 602 g/mol. The normalized spacial score (nSPS) is 13.9. The van der Waals surface area contributed by atoms with Crippen molar-refractivity contribution in [3.8, 4) is 11.1 Å². The van der Waals surface area contributed by atoms with Crippen LogP contribution in [0.25, 0.3) is 11.1 Å². The van der Waals surface area contributed by atoms with Crippen LogP contribution in [0.4, 0.5) is 0 Å². The number of halogens is 2. The fourth-order valence-corrected chi connectivity index (χ4v) is 5.26. The predicted molar refractivity (Wildman–Crippen MR) is 147 cm³/mol. The van der Waals surface area contributed by atoms with E-state index in [9.17, 15) is 0 Å². The second-order valence-corrected chi connectivity index (χ2v) is 14.6. The number of rotatable bonds is 3. The molecule has 2 aliphatic carbocycles. The Morgan fingerprint density at radius 3 is 1.89 bits per heavy atom. The Morgan fingerprint density at radius 1 is 0.889 bits per heavy atom. The van der Waals surface area contributed by atoms with Gasteiger partial charge >= 0.3 is 41.3 Å². The van der Waals surface area contributed by atoms with E-state index >= 15 is 0 Å². The Morgan fingerprint density at radius 2 is 1.44 bits per heavy atom. The summed E-state index contributed by atoms with van der Waals surface area (Å²) < 4.78 is 1.51. The molecule has 0 spiro atoms. The Kier molecular flexibility index (Phi) is 11.9. The molecule has 0 heterocycles. The third-order valence-electron chi connectivity index (χ3n) is 6.82. The van der Waals surface area contributed by atoms with Gasteiger partial charge < -0.3 is 24.8 Å². The molecule has 0 saturated carbocycles. The summed E-state index contributed by atoms with van der Waals surface area (Å²) in [5, 5.41) is 0. The quantitative estimate of drug-likeness (QED) is 0.406. The van der Waals surface area contributed by atoms with Crippen LogP contribution in [0.2, 0.25) is 0 Å². The summed E-state index contributed by atoms with van der Waals surface area (Å²) >= 11 is 1.55. The second kappa shape index (κ2) is 12.9. The third-order valence-corrected chi connectivity index (χ3v) is 6.82. The van der Waals surface area contributed by atoms with Crippen molar-refractivity contribution in [3.63, 3.8) is 0 Å². The molecule has 0 radical (unpaired) electrons. The van der Waals surface area contributed by atoms with Crippen LogP contribution in [0.15, 0.2) is 36.4 Å². The second-order valence-electron chi connectivity index (χ2n) is 12.1. The van der Waals surface area contributed by atoms with Crippen LogP contribution in [0.5, 0.6) is 0 Å². The van der Waals surface area contributed by atoms with Gasteiger partial charge in [0.25, 0.3) is 0 Å². The smallest absolute Gasteiger partial charge is 1.00 e. The maximum absolute atomic E-state index is 3.97. The fourth-order valence-electron chi connectivity index (χ4n) is 5.26. The van der Waals surface area contributed by atoms with Crippen LogP contribution >= 0.6 is 0 Å². The molecular formula is C33H43Cl2Zr-. The van der Waals surface area contributed by atoms with E-state index in [1.807, 2.05) is 0 Å². The molecule has 0 aliphatic heterocycles. The molecule has 0 amide bonds. The van der Waals surface area contributed by atoms with E-state index in [4.69, 9.17) is 0 Å². The molecule has 0 atom stereocenters. The van der Waals surface area contributed by atoms with Crippen molar-refractivity contribution in [1.29, 1.82) is 0 Å². The monoisotopic (exact) mass is 599 g/mol. The zero-order valence-corrected chi connectivity index (χ0v) is 27.9. The standard InChI is InChI=1S/C30H37.C3H6.2ClH.Zr/c1-9-19-16-23(29(3,4)5)17-21-15-22-18-25(30(6,7)8)27(20-13-11-12-14-20)24(10-2)28(22)26(19)21;1-3-2;;;/h11-14,16-17,20H,9-10,15H2,1-8H3;1-2H3;2*1H;/q-1;;;;+2/p-2. The molecule has 2 aromatic rings. The first-order chi connectivity index (χ1) is 15.8. The zero-order chi connectivity index (χ0) is 25.4. The van der Waals surface area contributed by atoms with Crippen LogP contribution < -0.4 is 24.8 Å². The minimum Gasteiger partial charge on any atom is -1.00 e. The largest absolute Gasteiger partial charge is 1.00 e. The van der Waals surface area contributed by atoms with Gasteiger partial charge in [-0.3, -0.25) is 0 Å². The van der Waals surface area contributed by atoms with Gasteiger partial charge in [0, 0.05) is 0 Å². The van der Waals surface area contributed by atoms with Crippen LogP contribution in [0, 0.1) is 6.07 Å². The summed E-state index contributed by atoms with van der Waals surface area (Å²) in [5.41, 5.74) is 13.6. The summed E-state index contributed by atoms with van der Waals surface area (Å²) in [6, 6.07) is 8.93. The zero-order valence-electron chi connectivity index (χ0n) is 23.9. The molecule has 0 unspecified atom stereocenters.